The summed E-state index contributed by atoms with van der Waals surface area (Å²) in [6.07, 6.45) is -3.77. The molecule has 1 atom stereocenters. The second kappa shape index (κ2) is 16.5. The number of hydrogen-bond acceptors (Lipinski definition) is 4. The van der Waals surface area contributed by atoms with Gasteiger partial charge < -0.3 is 20.8 Å². The lowest BCUT2D eigenvalue weighted by molar-refractivity contribution is -0.0103. The maximum absolute atomic E-state index is 16.1. The fourth-order valence-electron chi connectivity index (χ4n) is 3.68. The molecule has 0 fully saturated rings. The van der Waals surface area contributed by atoms with E-state index in [1.807, 2.05) is 6.92 Å². The van der Waals surface area contributed by atoms with Crippen LogP contribution < -0.4 is 10.6 Å². The summed E-state index contributed by atoms with van der Waals surface area (Å²) in [6.45, 7) is 1.82. The summed E-state index contributed by atoms with van der Waals surface area (Å²) in [6, 6.07) is 11.2. The van der Waals surface area contributed by atoms with E-state index >= 15 is 4.39 Å². The number of carbonyl (C=O) groups is 4. The van der Waals surface area contributed by atoms with E-state index in [2.05, 4.69) is 10.6 Å². The first-order chi connectivity index (χ1) is 18.4. The number of hydrogen-bond donors (Lipinski definition) is 4. The molecule has 1 unspecified atom stereocenters. The molecule has 3 aromatic carbocycles. The van der Waals surface area contributed by atoms with Crippen LogP contribution in [0.2, 0.25) is 0 Å². The normalized spacial score (nSPS) is 11.1. The molecule has 4 N–H and O–H groups in total. The van der Waals surface area contributed by atoms with Crippen LogP contribution in [0.5, 0.6) is 0 Å². The van der Waals surface area contributed by atoms with Crippen LogP contribution in [0.15, 0.2) is 60.7 Å². The Balaban J connectivity index is 0. The molecule has 0 aliphatic heterocycles. The zero-order valence-corrected chi connectivity index (χ0v) is 20.9. The third kappa shape index (κ3) is 8.15. The molecule has 0 spiro atoms. The molecule has 0 aliphatic carbocycles. The number of aromatic carboxylic acids is 2. The smallest absolute Gasteiger partial charge is 0.336 e. The van der Waals surface area contributed by atoms with Gasteiger partial charge >= 0.3 is 11.9 Å². The Bertz CT molecular complexity index is 1400. The Labute approximate surface area is 242 Å². The highest BCUT2D eigenvalue weighted by Gasteiger charge is 2.45. The van der Waals surface area contributed by atoms with Gasteiger partial charge in [0.25, 0.3) is 18.2 Å². The standard InChI is InChI=1S/C26H21F3N2O6.CH3F.3CH4/c1-13-3-7-16(8-4-13)31-22(33)18-10-6-15(12-20(18)24(36)37)26(29,25(27)28)14-5-9-17(21(32)30-2)19(11-14)23(34)35;1-2;;;/h3-12,25H,1-2H3,(H,30,32)(H,31,33)(H,34,35)(H,36,37);1H3;3*1H4. The molecule has 2 amide bonds. The molecule has 12 heteroatoms. The quantitative estimate of drug-likeness (QED) is 0.208. The van der Waals surface area contributed by atoms with Crippen molar-refractivity contribution >= 4 is 29.4 Å². The molecule has 0 aromatic heterocycles. The maximum atomic E-state index is 16.1. The van der Waals surface area contributed by atoms with Crippen LogP contribution in [0.1, 0.15) is 80.4 Å². The lowest BCUT2D eigenvalue weighted by Crippen LogP contribution is -2.32. The van der Waals surface area contributed by atoms with Crippen LogP contribution in [0, 0.1) is 6.92 Å². The van der Waals surface area contributed by atoms with Crippen molar-refractivity contribution in [1.82, 2.24) is 5.32 Å². The molecule has 230 valence electrons. The Kier molecular flexibility index (Phi) is 15.5. The molecule has 0 radical (unpaired) electrons. The van der Waals surface area contributed by atoms with Gasteiger partial charge in [0.2, 0.25) is 5.67 Å². The number of alkyl halides is 4. The highest BCUT2D eigenvalue weighted by molar-refractivity contribution is 6.11. The number of rotatable bonds is 8. The fourth-order valence-corrected chi connectivity index (χ4v) is 3.68. The minimum Gasteiger partial charge on any atom is -0.478 e. The first-order valence-corrected chi connectivity index (χ1v) is 11.1. The topological polar surface area (TPSA) is 133 Å². The van der Waals surface area contributed by atoms with E-state index < -0.39 is 63.7 Å². The van der Waals surface area contributed by atoms with Gasteiger partial charge in [-0.25, -0.2) is 22.8 Å². The molecule has 42 heavy (non-hydrogen) atoms. The van der Waals surface area contributed by atoms with Gasteiger partial charge in [0.1, 0.15) is 0 Å². The average Bonchev–Trinajstić information content (AvgIpc) is 2.93. The van der Waals surface area contributed by atoms with Crippen molar-refractivity contribution in [3.05, 3.63) is 99.6 Å². The van der Waals surface area contributed by atoms with Gasteiger partial charge in [-0.2, -0.15) is 0 Å². The summed E-state index contributed by atoms with van der Waals surface area (Å²) in [5.74, 6) is -5.03. The zero-order chi connectivity index (χ0) is 29.5. The van der Waals surface area contributed by atoms with E-state index in [1.165, 1.54) is 7.05 Å². The van der Waals surface area contributed by atoms with Crippen molar-refractivity contribution in [1.29, 1.82) is 0 Å². The van der Waals surface area contributed by atoms with E-state index in [-0.39, 0.29) is 27.8 Å². The highest BCUT2D eigenvalue weighted by Crippen LogP contribution is 2.41. The van der Waals surface area contributed by atoms with Crippen LogP contribution in [-0.2, 0) is 5.67 Å². The summed E-state index contributed by atoms with van der Waals surface area (Å²) in [4.78, 5) is 48.2. The number of aryl methyl sites for hydroxylation is 1. The summed E-state index contributed by atoms with van der Waals surface area (Å²) in [7, 11) is 1.73. The molecule has 3 rings (SSSR count). The van der Waals surface area contributed by atoms with E-state index in [4.69, 9.17) is 0 Å². The largest absolute Gasteiger partial charge is 0.478 e. The second-order valence-electron chi connectivity index (χ2n) is 8.04. The van der Waals surface area contributed by atoms with Gasteiger partial charge in [0.15, 0.2) is 0 Å². The maximum Gasteiger partial charge on any atom is 0.336 e. The summed E-state index contributed by atoms with van der Waals surface area (Å²) >= 11 is 0. The zero-order valence-electron chi connectivity index (χ0n) is 20.9. The third-order valence-corrected chi connectivity index (χ3v) is 5.67. The highest BCUT2D eigenvalue weighted by atomic mass is 19.3. The predicted molar refractivity (Wildman–Crippen MR) is 154 cm³/mol. The molecule has 0 bridgehead atoms. The molecular weight excluding hydrogens is 560 g/mol. The first-order valence-electron chi connectivity index (χ1n) is 11.1. The number of halogens is 4. The van der Waals surface area contributed by atoms with E-state index in [0.717, 1.165) is 29.8 Å². The van der Waals surface area contributed by atoms with Crippen LogP contribution in [-0.4, -0.2) is 54.6 Å². The molecular formula is C30H36F4N2O6. The Hall–Kier alpha value is -4.74. The van der Waals surface area contributed by atoms with Crippen LogP contribution in [0.3, 0.4) is 0 Å². The van der Waals surface area contributed by atoms with Crippen LogP contribution in [0.4, 0.5) is 23.2 Å². The van der Waals surface area contributed by atoms with E-state index in [9.17, 15) is 42.6 Å². The number of carboxylic acids is 2. The molecule has 8 nitrogen and oxygen atoms in total. The number of carbonyl (C=O) groups excluding carboxylic acids is 2. The van der Waals surface area contributed by atoms with Gasteiger partial charge in [0, 0.05) is 23.9 Å². The SMILES string of the molecule is C.C.C.CF.CNC(=O)c1ccc(C(F)(c2ccc(C(=O)Nc3ccc(C)cc3)c(C(=O)O)c2)C(F)F)cc1C(=O)O. The van der Waals surface area contributed by atoms with Gasteiger partial charge in [-0.15, -0.1) is 0 Å². The van der Waals surface area contributed by atoms with E-state index in [1.54, 1.807) is 24.3 Å². The summed E-state index contributed by atoms with van der Waals surface area (Å²) in [5.41, 5.74) is -6.31. The molecule has 3 aromatic rings. The van der Waals surface area contributed by atoms with Crippen molar-refractivity contribution in [2.24, 2.45) is 0 Å². The van der Waals surface area contributed by atoms with Crippen LogP contribution >= 0.6 is 0 Å². The van der Waals surface area contributed by atoms with Gasteiger partial charge in [0.05, 0.1) is 29.4 Å². The third-order valence-electron chi connectivity index (χ3n) is 5.67. The van der Waals surface area contributed by atoms with Gasteiger partial charge in [-0.1, -0.05) is 52.1 Å². The monoisotopic (exact) mass is 596 g/mol. The minimum absolute atomic E-state index is 0. The van der Waals surface area contributed by atoms with E-state index in [0.29, 0.717) is 25.0 Å². The number of benzene rings is 3. The lowest BCUT2D eigenvalue weighted by Gasteiger charge is -2.27. The van der Waals surface area contributed by atoms with Crippen molar-refractivity contribution in [2.45, 2.75) is 41.3 Å². The van der Waals surface area contributed by atoms with Crippen molar-refractivity contribution in [3.8, 4) is 0 Å². The lowest BCUT2D eigenvalue weighted by atomic mass is 9.84. The molecule has 0 saturated carbocycles. The van der Waals surface area contributed by atoms with Crippen molar-refractivity contribution in [3.63, 3.8) is 0 Å². The first kappa shape index (κ1) is 39.4. The number of nitrogens with one attached hydrogen (secondary N) is 2. The Morgan fingerprint density at radius 2 is 1.12 bits per heavy atom. The number of amides is 2. The molecule has 0 saturated heterocycles. The second-order valence-corrected chi connectivity index (χ2v) is 8.04. The summed E-state index contributed by atoms with van der Waals surface area (Å²) in [5, 5.41) is 23.8. The summed E-state index contributed by atoms with van der Waals surface area (Å²) < 4.78 is 54.0. The predicted octanol–water partition coefficient (Wildman–Crippen LogP) is 6.98. The Morgan fingerprint density at radius 1 is 0.714 bits per heavy atom. The average molecular weight is 597 g/mol. The van der Waals surface area contributed by atoms with Crippen LogP contribution in [0.25, 0.3) is 0 Å². The van der Waals surface area contributed by atoms with Crippen molar-refractivity contribution in [2.75, 3.05) is 19.5 Å². The Morgan fingerprint density at radius 3 is 1.48 bits per heavy atom. The number of carboxylic acid groups (broad SMARTS) is 2. The molecule has 0 aliphatic rings. The van der Waals surface area contributed by atoms with Gasteiger partial charge in [-0.05, 0) is 43.3 Å². The fraction of sp³-hybridized carbons (Fsp3) is 0.267. The van der Waals surface area contributed by atoms with Gasteiger partial charge in [-0.3, -0.25) is 14.0 Å². The minimum atomic E-state index is -3.77. The molecule has 0 heterocycles. The van der Waals surface area contributed by atoms with Crippen molar-refractivity contribution < 1.29 is 47.0 Å². The number of anilines is 1.